The van der Waals surface area contributed by atoms with Gasteiger partial charge in [-0.05, 0) is 63.5 Å². The fraction of sp³-hybridized carbons (Fsp3) is 0.667. The maximum Gasteiger partial charge on any atom is 0.0406 e. The van der Waals surface area contributed by atoms with E-state index in [9.17, 15) is 0 Å². The lowest BCUT2D eigenvalue weighted by Crippen LogP contribution is -2.40. The molecule has 0 spiro atoms. The van der Waals surface area contributed by atoms with E-state index in [-0.39, 0.29) is 0 Å². The summed E-state index contributed by atoms with van der Waals surface area (Å²) in [6.45, 7) is 13.5. The van der Waals surface area contributed by atoms with Gasteiger partial charge in [0, 0.05) is 17.1 Å². The maximum atomic E-state index is 5.97. The zero-order valence-corrected chi connectivity index (χ0v) is 15.1. The fourth-order valence-electron chi connectivity index (χ4n) is 2.50. The topological polar surface area (TPSA) is 15.3 Å². The van der Waals surface area contributed by atoms with Gasteiger partial charge >= 0.3 is 0 Å². The summed E-state index contributed by atoms with van der Waals surface area (Å²) in [5.74, 6) is 1.32. The first-order valence-corrected chi connectivity index (χ1v) is 8.38. The van der Waals surface area contributed by atoms with Crippen LogP contribution in [0.1, 0.15) is 46.2 Å². The van der Waals surface area contributed by atoms with E-state index in [1.54, 1.807) is 0 Å². The highest BCUT2D eigenvalue weighted by Gasteiger charge is 2.22. The summed E-state index contributed by atoms with van der Waals surface area (Å²) in [6, 6.07) is 9.11. The Bertz CT molecular complexity index is 402. The molecule has 1 aromatic carbocycles. The first-order valence-electron chi connectivity index (χ1n) is 8.01. The fourth-order valence-corrected chi connectivity index (χ4v) is 2.63. The standard InChI is InChI=1S/C18H31ClN2/c1-13(2)11-20-12-14(3)15(4)21(6)16(5)17-7-9-18(19)10-8-17/h7-10,13-16,20H,11-12H2,1-6H3. The minimum atomic E-state index is 0.393. The zero-order chi connectivity index (χ0) is 16.0. The predicted octanol–water partition coefficient (Wildman–Crippen LogP) is 4.60. The summed E-state index contributed by atoms with van der Waals surface area (Å²) in [6.07, 6.45) is 0. The van der Waals surface area contributed by atoms with Crippen LogP contribution in [0.2, 0.25) is 5.02 Å². The monoisotopic (exact) mass is 310 g/mol. The van der Waals surface area contributed by atoms with Crippen molar-refractivity contribution in [3.63, 3.8) is 0 Å². The minimum absolute atomic E-state index is 0.393. The van der Waals surface area contributed by atoms with Crippen LogP contribution in [0.5, 0.6) is 0 Å². The van der Waals surface area contributed by atoms with Gasteiger partial charge in [0.1, 0.15) is 0 Å². The molecule has 1 rings (SSSR count). The molecule has 2 nitrogen and oxygen atoms in total. The molecule has 120 valence electrons. The van der Waals surface area contributed by atoms with Gasteiger partial charge in [0.05, 0.1) is 0 Å². The average Bonchev–Trinajstić information content (AvgIpc) is 2.45. The van der Waals surface area contributed by atoms with Crippen molar-refractivity contribution >= 4 is 11.6 Å². The molecule has 0 amide bonds. The van der Waals surface area contributed by atoms with Gasteiger partial charge in [-0.2, -0.15) is 0 Å². The molecule has 21 heavy (non-hydrogen) atoms. The molecule has 0 bridgehead atoms. The highest BCUT2D eigenvalue weighted by Crippen LogP contribution is 2.24. The minimum Gasteiger partial charge on any atom is -0.316 e. The second-order valence-corrected chi connectivity index (χ2v) is 7.10. The highest BCUT2D eigenvalue weighted by molar-refractivity contribution is 6.30. The largest absolute Gasteiger partial charge is 0.316 e. The Labute approximate surface area is 135 Å². The Morgan fingerprint density at radius 3 is 2.10 bits per heavy atom. The number of nitrogens with zero attached hydrogens (tertiary/aromatic N) is 1. The van der Waals surface area contributed by atoms with Gasteiger partial charge in [-0.25, -0.2) is 0 Å². The van der Waals surface area contributed by atoms with E-state index in [2.05, 4.69) is 64.0 Å². The van der Waals surface area contributed by atoms with E-state index >= 15 is 0 Å². The van der Waals surface area contributed by atoms with E-state index in [1.165, 1.54) is 5.56 Å². The molecule has 3 heteroatoms. The highest BCUT2D eigenvalue weighted by atomic mass is 35.5. The van der Waals surface area contributed by atoms with E-state index < -0.39 is 0 Å². The molecule has 0 saturated carbocycles. The van der Waals surface area contributed by atoms with Crippen LogP contribution in [-0.2, 0) is 0 Å². The van der Waals surface area contributed by atoms with Gasteiger partial charge in [0.15, 0.2) is 0 Å². The molecule has 0 fully saturated rings. The number of hydrogen-bond donors (Lipinski definition) is 1. The summed E-state index contributed by atoms with van der Waals surface area (Å²) in [5.41, 5.74) is 1.32. The first-order chi connectivity index (χ1) is 9.82. The first kappa shape index (κ1) is 18.5. The molecule has 0 saturated heterocycles. The van der Waals surface area contributed by atoms with Crippen LogP contribution in [0.4, 0.5) is 0 Å². The van der Waals surface area contributed by atoms with Gasteiger partial charge in [-0.15, -0.1) is 0 Å². The molecule has 3 unspecified atom stereocenters. The number of halogens is 1. The summed E-state index contributed by atoms with van der Waals surface area (Å²) >= 11 is 5.97. The van der Waals surface area contributed by atoms with Crippen molar-refractivity contribution in [1.82, 2.24) is 10.2 Å². The van der Waals surface area contributed by atoms with Crippen LogP contribution >= 0.6 is 11.6 Å². The molecule has 0 heterocycles. The van der Waals surface area contributed by atoms with Gasteiger partial charge in [0.2, 0.25) is 0 Å². The Kier molecular flexibility index (Phi) is 7.72. The average molecular weight is 311 g/mol. The van der Waals surface area contributed by atoms with Crippen LogP contribution in [0.15, 0.2) is 24.3 Å². The van der Waals surface area contributed by atoms with Crippen molar-refractivity contribution in [3.05, 3.63) is 34.9 Å². The van der Waals surface area contributed by atoms with Crippen molar-refractivity contribution in [2.24, 2.45) is 11.8 Å². The molecule has 0 aromatic heterocycles. The van der Waals surface area contributed by atoms with E-state index in [0.717, 1.165) is 18.1 Å². The Balaban J connectivity index is 2.55. The Hall–Kier alpha value is -0.570. The smallest absolute Gasteiger partial charge is 0.0406 e. The van der Waals surface area contributed by atoms with Crippen molar-refractivity contribution < 1.29 is 0 Å². The summed E-state index contributed by atoms with van der Waals surface area (Å²) in [7, 11) is 2.21. The van der Waals surface area contributed by atoms with E-state index in [1.807, 2.05) is 12.1 Å². The maximum absolute atomic E-state index is 5.97. The molecule has 1 N–H and O–H groups in total. The number of hydrogen-bond acceptors (Lipinski definition) is 2. The molecule has 0 aliphatic rings. The van der Waals surface area contributed by atoms with E-state index in [4.69, 9.17) is 11.6 Å². The lowest BCUT2D eigenvalue weighted by Gasteiger charge is -2.35. The lowest BCUT2D eigenvalue weighted by molar-refractivity contribution is 0.149. The summed E-state index contributed by atoms with van der Waals surface area (Å²) in [5, 5.41) is 4.36. The zero-order valence-electron chi connectivity index (χ0n) is 14.4. The Morgan fingerprint density at radius 1 is 1.00 bits per heavy atom. The van der Waals surface area contributed by atoms with Crippen LogP contribution in [0.3, 0.4) is 0 Å². The number of rotatable bonds is 8. The Morgan fingerprint density at radius 2 is 1.57 bits per heavy atom. The van der Waals surface area contributed by atoms with Crippen LogP contribution < -0.4 is 5.32 Å². The molecule has 0 aliphatic heterocycles. The summed E-state index contributed by atoms with van der Waals surface area (Å²) in [4.78, 5) is 2.45. The van der Waals surface area contributed by atoms with Crippen LogP contribution in [0, 0.1) is 11.8 Å². The SMILES string of the molecule is CC(C)CNCC(C)C(C)N(C)C(C)c1ccc(Cl)cc1. The third kappa shape index (κ3) is 5.98. The molecule has 0 radical (unpaired) electrons. The van der Waals surface area contributed by atoms with Gasteiger partial charge in [-0.1, -0.05) is 44.5 Å². The lowest BCUT2D eigenvalue weighted by atomic mass is 9.98. The van der Waals surface area contributed by atoms with Gasteiger partial charge in [-0.3, -0.25) is 4.90 Å². The van der Waals surface area contributed by atoms with Crippen molar-refractivity contribution in [2.75, 3.05) is 20.1 Å². The summed E-state index contributed by atoms with van der Waals surface area (Å²) < 4.78 is 0. The van der Waals surface area contributed by atoms with Crippen molar-refractivity contribution in [2.45, 2.75) is 46.7 Å². The van der Waals surface area contributed by atoms with Crippen LogP contribution in [0.25, 0.3) is 0 Å². The molecule has 0 aliphatic carbocycles. The number of benzene rings is 1. The second-order valence-electron chi connectivity index (χ2n) is 6.66. The predicted molar refractivity (Wildman–Crippen MR) is 94.0 cm³/mol. The van der Waals surface area contributed by atoms with Gasteiger partial charge in [0.25, 0.3) is 0 Å². The quantitative estimate of drug-likeness (QED) is 0.754. The third-order valence-electron chi connectivity index (χ3n) is 4.45. The van der Waals surface area contributed by atoms with Crippen molar-refractivity contribution in [1.29, 1.82) is 0 Å². The van der Waals surface area contributed by atoms with Crippen LogP contribution in [-0.4, -0.2) is 31.1 Å². The molecule has 3 atom stereocenters. The van der Waals surface area contributed by atoms with Crippen molar-refractivity contribution in [3.8, 4) is 0 Å². The van der Waals surface area contributed by atoms with E-state index in [0.29, 0.717) is 23.9 Å². The molecular formula is C18H31ClN2. The second kappa shape index (κ2) is 8.77. The normalized spacial score (nSPS) is 16.2. The number of nitrogens with one attached hydrogen (secondary N) is 1. The molecular weight excluding hydrogens is 280 g/mol. The van der Waals surface area contributed by atoms with Gasteiger partial charge < -0.3 is 5.32 Å². The molecule has 1 aromatic rings. The third-order valence-corrected chi connectivity index (χ3v) is 4.70.